The Labute approximate surface area is 85.4 Å². The fourth-order valence-corrected chi connectivity index (χ4v) is 1.30. The Morgan fingerprint density at radius 3 is 2.73 bits per heavy atom. The summed E-state index contributed by atoms with van der Waals surface area (Å²) in [5, 5.41) is 9.48. The maximum absolute atomic E-state index is 10.7. The van der Waals surface area contributed by atoms with Crippen LogP contribution in [-0.4, -0.2) is 28.2 Å². The van der Waals surface area contributed by atoms with E-state index in [4.69, 9.17) is 9.84 Å². The molecule has 0 spiro atoms. The Balaban J connectivity index is 2.77. The summed E-state index contributed by atoms with van der Waals surface area (Å²) in [4.78, 5) is 18.4. The smallest absolute Gasteiger partial charge is 0.374 e. The highest BCUT2D eigenvalue weighted by Gasteiger charge is 2.12. The van der Waals surface area contributed by atoms with E-state index in [0.29, 0.717) is 10.9 Å². The highest BCUT2D eigenvalue weighted by molar-refractivity contribution is 5.89. The van der Waals surface area contributed by atoms with Gasteiger partial charge in [-0.3, -0.25) is 0 Å². The van der Waals surface area contributed by atoms with Crippen molar-refractivity contribution in [2.45, 2.75) is 0 Å². The van der Waals surface area contributed by atoms with Gasteiger partial charge in [-0.15, -0.1) is 0 Å². The largest absolute Gasteiger partial charge is 0.480 e. The van der Waals surface area contributed by atoms with Crippen LogP contribution in [-0.2, 0) is 0 Å². The predicted molar refractivity (Wildman–Crippen MR) is 53.0 cm³/mol. The van der Waals surface area contributed by atoms with Crippen molar-refractivity contribution in [3.8, 4) is 5.88 Å². The molecule has 5 nitrogen and oxygen atoms in total. The lowest BCUT2D eigenvalue weighted by Crippen LogP contribution is -2.05. The van der Waals surface area contributed by atoms with Crippen LogP contribution in [0.1, 0.15) is 10.6 Å². The van der Waals surface area contributed by atoms with Crippen LogP contribution in [0, 0.1) is 0 Å². The number of nitrogens with zero attached hydrogens (tertiary/aromatic N) is 2. The number of hydrogen-bond donors (Lipinski definition) is 1. The van der Waals surface area contributed by atoms with Gasteiger partial charge in [0.15, 0.2) is 0 Å². The lowest BCUT2D eigenvalue weighted by atomic mass is 10.2. The van der Waals surface area contributed by atoms with Gasteiger partial charge in [-0.05, 0) is 12.1 Å². The molecule has 2 aromatic rings. The van der Waals surface area contributed by atoms with Crippen molar-refractivity contribution in [3.63, 3.8) is 0 Å². The van der Waals surface area contributed by atoms with E-state index in [1.54, 1.807) is 18.2 Å². The number of fused-ring (bicyclic) bond motifs is 1. The van der Waals surface area contributed by atoms with Gasteiger partial charge in [-0.25, -0.2) is 9.78 Å². The Kier molecular flexibility index (Phi) is 2.21. The molecule has 0 bridgehead atoms. The summed E-state index contributed by atoms with van der Waals surface area (Å²) in [5.74, 6) is -1.15. The van der Waals surface area contributed by atoms with Crippen molar-refractivity contribution >= 4 is 16.9 Å². The number of methoxy groups -OCH3 is 1. The van der Waals surface area contributed by atoms with Crippen LogP contribution in [0.2, 0.25) is 0 Å². The maximum Gasteiger partial charge on any atom is 0.374 e. The average Bonchev–Trinajstić information content (AvgIpc) is 2.27. The van der Waals surface area contributed by atoms with Crippen molar-refractivity contribution < 1.29 is 14.6 Å². The molecule has 0 atom stereocenters. The summed E-state index contributed by atoms with van der Waals surface area (Å²) in [6.07, 6.45) is 0. The molecule has 2 rings (SSSR count). The number of aromatic nitrogens is 2. The first-order chi connectivity index (χ1) is 7.22. The number of para-hydroxylation sites is 1. The quantitative estimate of drug-likeness (QED) is 0.799. The van der Waals surface area contributed by atoms with Gasteiger partial charge in [0, 0.05) is 0 Å². The molecular weight excluding hydrogens is 196 g/mol. The van der Waals surface area contributed by atoms with E-state index in [2.05, 4.69) is 9.97 Å². The van der Waals surface area contributed by atoms with Crippen LogP contribution >= 0.6 is 0 Å². The van der Waals surface area contributed by atoms with Gasteiger partial charge in [0.05, 0.1) is 18.0 Å². The lowest BCUT2D eigenvalue weighted by molar-refractivity contribution is 0.0683. The molecule has 0 aliphatic carbocycles. The number of carbonyl (C=O) groups is 1. The van der Waals surface area contributed by atoms with Crippen LogP contribution in [0.15, 0.2) is 24.3 Å². The highest BCUT2D eigenvalue weighted by Crippen LogP contribution is 2.21. The molecule has 1 aromatic carbocycles. The number of aromatic carboxylic acids is 1. The zero-order valence-corrected chi connectivity index (χ0v) is 7.97. The second-order valence-corrected chi connectivity index (χ2v) is 2.88. The molecular formula is C10H8N2O3. The summed E-state index contributed by atoms with van der Waals surface area (Å²) >= 11 is 0. The average molecular weight is 204 g/mol. The third-order valence-electron chi connectivity index (χ3n) is 1.95. The normalized spacial score (nSPS) is 10.2. The third kappa shape index (κ3) is 1.59. The van der Waals surface area contributed by atoms with Crippen molar-refractivity contribution in [1.82, 2.24) is 9.97 Å². The molecule has 0 aliphatic rings. The number of benzene rings is 1. The molecule has 0 amide bonds. The van der Waals surface area contributed by atoms with E-state index >= 15 is 0 Å². The van der Waals surface area contributed by atoms with E-state index in [1.807, 2.05) is 6.07 Å². The first-order valence-electron chi connectivity index (χ1n) is 4.26. The molecule has 15 heavy (non-hydrogen) atoms. The molecule has 1 heterocycles. The SMILES string of the molecule is COc1nc(C(=O)O)nc2ccccc12. The van der Waals surface area contributed by atoms with Gasteiger partial charge in [-0.1, -0.05) is 12.1 Å². The van der Waals surface area contributed by atoms with Gasteiger partial charge < -0.3 is 9.84 Å². The number of rotatable bonds is 2. The minimum absolute atomic E-state index is 0.259. The van der Waals surface area contributed by atoms with Crippen molar-refractivity contribution in [2.75, 3.05) is 7.11 Å². The van der Waals surface area contributed by atoms with Crippen LogP contribution in [0.3, 0.4) is 0 Å². The minimum atomic E-state index is -1.17. The van der Waals surface area contributed by atoms with Gasteiger partial charge in [0.1, 0.15) is 0 Å². The maximum atomic E-state index is 10.7. The summed E-state index contributed by atoms with van der Waals surface area (Å²) in [6, 6.07) is 7.08. The zero-order chi connectivity index (χ0) is 10.8. The van der Waals surface area contributed by atoms with Crippen LogP contribution in [0.4, 0.5) is 0 Å². The Morgan fingerprint density at radius 2 is 2.07 bits per heavy atom. The molecule has 0 saturated carbocycles. The molecule has 0 saturated heterocycles. The molecule has 5 heteroatoms. The molecule has 76 valence electrons. The number of carboxylic acid groups (broad SMARTS) is 1. The number of ether oxygens (including phenoxy) is 1. The van der Waals surface area contributed by atoms with E-state index in [1.165, 1.54) is 7.11 Å². The van der Waals surface area contributed by atoms with E-state index in [9.17, 15) is 4.79 Å². The van der Waals surface area contributed by atoms with Gasteiger partial charge in [0.25, 0.3) is 0 Å². The van der Waals surface area contributed by atoms with Crippen molar-refractivity contribution in [3.05, 3.63) is 30.1 Å². The number of carboxylic acids is 1. The van der Waals surface area contributed by atoms with Crippen LogP contribution < -0.4 is 4.74 Å². The second kappa shape index (κ2) is 3.53. The van der Waals surface area contributed by atoms with E-state index in [-0.39, 0.29) is 11.7 Å². The molecule has 0 fully saturated rings. The fourth-order valence-electron chi connectivity index (χ4n) is 1.30. The van der Waals surface area contributed by atoms with E-state index < -0.39 is 5.97 Å². The first-order valence-corrected chi connectivity index (χ1v) is 4.26. The molecule has 1 aromatic heterocycles. The second-order valence-electron chi connectivity index (χ2n) is 2.88. The van der Waals surface area contributed by atoms with Crippen molar-refractivity contribution in [2.24, 2.45) is 0 Å². The molecule has 0 radical (unpaired) electrons. The lowest BCUT2D eigenvalue weighted by Gasteiger charge is -2.04. The third-order valence-corrected chi connectivity index (χ3v) is 1.95. The van der Waals surface area contributed by atoms with Gasteiger partial charge in [0.2, 0.25) is 11.7 Å². The Morgan fingerprint density at radius 1 is 1.33 bits per heavy atom. The summed E-state index contributed by atoms with van der Waals surface area (Å²) in [5.41, 5.74) is 0.557. The Bertz CT molecular complexity index is 525. The van der Waals surface area contributed by atoms with Crippen LogP contribution in [0.25, 0.3) is 10.9 Å². The van der Waals surface area contributed by atoms with Gasteiger partial charge in [-0.2, -0.15) is 4.98 Å². The Hall–Kier alpha value is -2.17. The van der Waals surface area contributed by atoms with Crippen molar-refractivity contribution in [1.29, 1.82) is 0 Å². The monoisotopic (exact) mass is 204 g/mol. The van der Waals surface area contributed by atoms with Gasteiger partial charge >= 0.3 is 5.97 Å². The molecule has 0 aliphatic heterocycles. The standard InChI is InChI=1S/C10H8N2O3/c1-15-9-6-4-2-3-5-7(6)11-8(12-9)10(13)14/h2-5H,1H3,(H,13,14). The van der Waals surface area contributed by atoms with Crippen LogP contribution in [0.5, 0.6) is 5.88 Å². The topological polar surface area (TPSA) is 72.3 Å². The highest BCUT2D eigenvalue weighted by atomic mass is 16.5. The fraction of sp³-hybridized carbons (Fsp3) is 0.100. The molecule has 0 unspecified atom stereocenters. The molecule has 1 N–H and O–H groups in total. The first kappa shape index (κ1) is 9.39. The summed E-state index contributed by atoms with van der Waals surface area (Å²) < 4.78 is 5.00. The zero-order valence-electron chi connectivity index (χ0n) is 7.97. The summed E-state index contributed by atoms with van der Waals surface area (Å²) in [6.45, 7) is 0. The number of hydrogen-bond acceptors (Lipinski definition) is 4. The summed E-state index contributed by atoms with van der Waals surface area (Å²) in [7, 11) is 1.44. The predicted octanol–water partition coefficient (Wildman–Crippen LogP) is 1.34. The van der Waals surface area contributed by atoms with E-state index in [0.717, 1.165) is 0 Å². The minimum Gasteiger partial charge on any atom is -0.480 e.